The number of benzene rings is 1. The number of hydrogen-bond donors (Lipinski definition) is 1. The molecule has 0 spiro atoms. The normalized spacial score (nSPS) is 21.5. The lowest BCUT2D eigenvalue weighted by Crippen LogP contribution is -2.23. The van der Waals surface area contributed by atoms with Gasteiger partial charge in [0.15, 0.2) is 0 Å². The molecule has 3 unspecified atom stereocenters. The molecule has 1 fully saturated rings. The number of fused-ring (bicyclic) bond motifs is 2. The average Bonchev–Trinajstić information content (AvgIpc) is 3.31. The predicted octanol–water partition coefficient (Wildman–Crippen LogP) is 4.64. The maximum Gasteiger partial charge on any atom is 0.145 e. The molecule has 1 saturated heterocycles. The van der Waals surface area contributed by atoms with Crippen molar-refractivity contribution in [3.05, 3.63) is 53.0 Å². The molecule has 8 heteroatoms. The summed E-state index contributed by atoms with van der Waals surface area (Å²) in [6.45, 7) is 4.66. The van der Waals surface area contributed by atoms with Crippen LogP contribution in [0.15, 0.2) is 47.3 Å². The van der Waals surface area contributed by atoms with Crippen molar-refractivity contribution in [2.45, 2.75) is 32.6 Å². The van der Waals surface area contributed by atoms with Crippen LogP contribution in [0.5, 0.6) is 5.75 Å². The SMILES string of the molecule is Cc1ncnc2c1ccn2C1CC(C)C(COc2ccc3cc(Br)c(N)nc3c2)O1. The summed E-state index contributed by atoms with van der Waals surface area (Å²) in [5.74, 6) is 1.58. The fraction of sp³-hybridized carbons (Fsp3) is 0.318. The first-order valence-corrected chi connectivity index (χ1v) is 10.7. The Kier molecular flexibility index (Phi) is 4.83. The van der Waals surface area contributed by atoms with E-state index in [0.717, 1.165) is 44.3 Å². The minimum absolute atomic E-state index is 0.00553. The second kappa shape index (κ2) is 7.52. The van der Waals surface area contributed by atoms with Gasteiger partial charge in [0.25, 0.3) is 0 Å². The fourth-order valence-corrected chi connectivity index (χ4v) is 4.31. The lowest BCUT2D eigenvalue weighted by atomic mass is 10.0. The van der Waals surface area contributed by atoms with Crippen molar-refractivity contribution in [1.29, 1.82) is 0 Å². The predicted molar refractivity (Wildman–Crippen MR) is 119 cm³/mol. The molecular formula is C22H22BrN5O2. The monoisotopic (exact) mass is 467 g/mol. The Morgan fingerprint density at radius 2 is 2.13 bits per heavy atom. The molecule has 4 aromatic rings. The molecule has 0 bridgehead atoms. The van der Waals surface area contributed by atoms with Crippen LogP contribution in [0, 0.1) is 12.8 Å². The third kappa shape index (κ3) is 3.40. The van der Waals surface area contributed by atoms with E-state index in [0.29, 0.717) is 18.3 Å². The molecule has 2 N–H and O–H groups in total. The molecule has 1 aliphatic rings. The highest BCUT2D eigenvalue weighted by molar-refractivity contribution is 9.10. The van der Waals surface area contributed by atoms with Crippen molar-refractivity contribution >= 4 is 43.7 Å². The van der Waals surface area contributed by atoms with Gasteiger partial charge < -0.3 is 19.8 Å². The lowest BCUT2D eigenvalue weighted by molar-refractivity contribution is -0.0224. The zero-order chi connectivity index (χ0) is 20.8. The Labute approximate surface area is 182 Å². The molecule has 30 heavy (non-hydrogen) atoms. The Hall–Kier alpha value is -2.71. The number of nitrogens with two attached hydrogens (primary N) is 1. The number of rotatable bonds is 4. The van der Waals surface area contributed by atoms with Gasteiger partial charge in [0.05, 0.1) is 21.8 Å². The molecule has 1 aliphatic heterocycles. The zero-order valence-corrected chi connectivity index (χ0v) is 18.3. The summed E-state index contributed by atoms with van der Waals surface area (Å²) in [6.07, 6.45) is 4.48. The number of aromatic nitrogens is 4. The van der Waals surface area contributed by atoms with E-state index >= 15 is 0 Å². The van der Waals surface area contributed by atoms with Crippen LogP contribution in [0.25, 0.3) is 21.9 Å². The standard InChI is InChI=1S/C22H22BrN5O2/c1-12-7-20(28-6-5-16-13(2)25-11-26-22(16)28)30-19(12)10-29-15-4-3-14-8-17(23)21(24)27-18(14)9-15/h3-6,8-9,11-12,19-20H,7,10H2,1-2H3,(H2,24,27). The Morgan fingerprint density at radius 3 is 3.00 bits per heavy atom. The minimum Gasteiger partial charge on any atom is -0.491 e. The summed E-state index contributed by atoms with van der Waals surface area (Å²) in [6, 6.07) is 9.85. The van der Waals surface area contributed by atoms with E-state index in [4.69, 9.17) is 15.2 Å². The van der Waals surface area contributed by atoms with Gasteiger partial charge in [-0.15, -0.1) is 0 Å². The highest BCUT2D eigenvalue weighted by Crippen LogP contribution is 2.36. The second-order valence-electron chi connectivity index (χ2n) is 7.78. The molecule has 5 rings (SSSR count). The Morgan fingerprint density at radius 1 is 1.27 bits per heavy atom. The van der Waals surface area contributed by atoms with Gasteiger partial charge in [-0.3, -0.25) is 0 Å². The number of nitrogen functional groups attached to an aromatic ring is 1. The summed E-state index contributed by atoms with van der Waals surface area (Å²) < 4.78 is 15.3. The number of hydrogen-bond acceptors (Lipinski definition) is 6. The largest absolute Gasteiger partial charge is 0.491 e. The van der Waals surface area contributed by atoms with Gasteiger partial charge in [0.2, 0.25) is 0 Å². The average molecular weight is 468 g/mol. The van der Waals surface area contributed by atoms with Crippen molar-refractivity contribution in [3.8, 4) is 5.75 Å². The number of pyridine rings is 1. The van der Waals surface area contributed by atoms with E-state index in [9.17, 15) is 0 Å². The molecule has 0 radical (unpaired) electrons. The summed E-state index contributed by atoms with van der Waals surface area (Å²) in [7, 11) is 0. The third-order valence-electron chi connectivity index (χ3n) is 5.74. The first-order chi connectivity index (χ1) is 14.5. The molecule has 1 aromatic carbocycles. The molecule has 3 atom stereocenters. The smallest absolute Gasteiger partial charge is 0.145 e. The summed E-state index contributed by atoms with van der Waals surface area (Å²) in [4.78, 5) is 13.1. The van der Waals surface area contributed by atoms with E-state index in [2.05, 4.69) is 48.4 Å². The van der Waals surface area contributed by atoms with Gasteiger partial charge in [-0.05, 0) is 59.5 Å². The number of aryl methyl sites for hydroxylation is 1. The maximum absolute atomic E-state index is 6.35. The molecule has 4 heterocycles. The van der Waals surface area contributed by atoms with E-state index in [1.54, 1.807) is 6.33 Å². The van der Waals surface area contributed by atoms with Crippen LogP contribution in [0.1, 0.15) is 25.3 Å². The molecular weight excluding hydrogens is 446 g/mol. The van der Waals surface area contributed by atoms with Crippen LogP contribution in [0.2, 0.25) is 0 Å². The van der Waals surface area contributed by atoms with Gasteiger partial charge in [0, 0.05) is 23.0 Å². The highest BCUT2D eigenvalue weighted by Gasteiger charge is 2.34. The van der Waals surface area contributed by atoms with E-state index in [1.807, 2.05) is 37.4 Å². The van der Waals surface area contributed by atoms with Crippen LogP contribution in [0.3, 0.4) is 0 Å². The lowest BCUT2D eigenvalue weighted by Gasteiger charge is -2.17. The van der Waals surface area contributed by atoms with Crippen molar-refractivity contribution in [2.24, 2.45) is 5.92 Å². The molecule has 0 aliphatic carbocycles. The van der Waals surface area contributed by atoms with Crippen LogP contribution in [-0.4, -0.2) is 32.2 Å². The minimum atomic E-state index is -0.0594. The maximum atomic E-state index is 6.35. The molecule has 3 aromatic heterocycles. The van der Waals surface area contributed by atoms with Gasteiger partial charge in [-0.1, -0.05) is 6.92 Å². The summed E-state index contributed by atoms with van der Waals surface area (Å²) in [5, 5.41) is 2.06. The van der Waals surface area contributed by atoms with Crippen molar-refractivity contribution in [1.82, 2.24) is 19.5 Å². The van der Waals surface area contributed by atoms with Gasteiger partial charge in [-0.2, -0.15) is 0 Å². The van der Waals surface area contributed by atoms with Gasteiger partial charge >= 0.3 is 0 Å². The van der Waals surface area contributed by atoms with E-state index in [-0.39, 0.29) is 12.3 Å². The first-order valence-electron chi connectivity index (χ1n) is 9.92. The van der Waals surface area contributed by atoms with E-state index in [1.165, 1.54) is 0 Å². The van der Waals surface area contributed by atoms with Crippen molar-refractivity contribution < 1.29 is 9.47 Å². The summed E-state index contributed by atoms with van der Waals surface area (Å²) in [5.41, 5.74) is 8.60. The van der Waals surface area contributed by atoms with Crippen molar-refractivity contribution in [3.63, 3.8) is 0 Å². The van der Waals surface area contributed by atoms with Gasteiger partial charge in [-0.25, -0.2) is 15.0 Å². The van der Waals surface area contributed by atoms with Crippen LogP contribution >= 0.6 is 15.9 Å². The number of ether oxygens (including phenoxy) is 2. The molecule has 0 amide bonds. The molecule has 154 valence electrons. The zero-order valence-electron chi connectivity index (χ0n) is 16.7. The molecule has 0 saturated carbocycles. The first kappa shape index (κ1) is 19.3. The Balaban J connectivity index is 1.31. The van der Waals surface area contributed by atoms with Gasteiger partial charge in [0.1, 0.15) is 36.4 Å². The van der Waals surface area contributed by atoms with Crippen LogP contribution in [-0.2, 0) is 4.74 Å². The number of nitrogens with zero attached hydrogens (tertiary/aromatic N) is 4. The fourth-order valence-electron chi connectivity index (χ4n) is 3.98. The quantitative estimate of drug-likeness (QED) is 0.470. The number of anilines is 1. The second-order valence-corrected chi connectivity index (χ2v) is 8.64. The topological polar surface area (TPSA) is 88.1 Å². The summed E-state index contributed by atoms with van der Waals surface area (Å²) >= 11 is 3.41. The van der Waals surface area contributed by atoms with Crippen LogP contribution in [0.4, 0.5) is 5.82 Å². The third-order valence-corrected chi connectivity index (χ3v) is 6.38. The molecule has 7 nitrogen and oxygen atoms in total. The Bertz CT molecular complexity index is 1240. The van der Waals surface area contributed by atoms with Crippen LogP contribution < -0.4 is 10.5 Å². The number of halogens is 1. The van der Waals surface area contributed by atoms with E-state index < -0.39 is 0 Å². The van der Waals surface area contributed by atoms with Crippen molar-refractivity contribution in [2.75, 3.05) is 12.3 Å². The highest BCUT2D eigenvalue weighted by atomic mass is 79.9.